The van der Waals surface area contributed by atoms with Crippen LogP contribution >= 0.6 is 0 Å². The summed E-state index contributed by atoms with van der Waals surface area (Å²) < 4.78 is 2.33. The Bertz CT molecular complexity index is 1720. The summed E-state index contributed by atoms with van der Waals surface area (Å²) in [6.07, 6.45) is 6.42. The van der Waals surface area contributed by atoms with Crippen LogP contribution in [-0.2, 0) is 0 Å². The fraction of sp³-hybridized carbons (Fsp3) is 0.0645. The maximum Gasteiger partial charge on any atom is 0.146 e. The van der Waals surface area contributed by atoms with E-state index in [2.05, 4.69) is 127 Å². The second kappa shape index (κ2) is 7.75. The van der Waals surface area contributed by atoms with Crippen LogP contribution in [0.1, 0.15) is 19.4 Å². The molecule has 0 unspecified atom stereocenters. The van der Waals surface area contributed by atoms with Gasteiger partial charge >= 0.3 is 0 Å². The summed E-state index contributed by atoms with van der Waals surface area (Å²) in [7, 11) is 0. The zero-order chi connectivity index (χ0) is 22.4. The van der Waals surface area contributed by atoms with Crippen molar-refractivity contribution in [1.82, 2.24) is 9.38 Å². The molecule has 2 heterocycles. The summed E-state index contributed by atoms with van der Waals surface area (Å²) in [5.74, 6) is 0. The molecule has 0 aliphatic rings. The van der Waals surface area contributed by atoms with Crippen LogP contribution in [0.25, 0.3) is 55.1 Å². The highest BCUT2D eigenvalue weighted by Gasteiger charge is 2.15. The number of rotatable bonds is 3. The highest BCUT2D eigenvalue weighted by atomic mass is 15.0. The zero-order valence-corrected chi connectivity index (χ0v) is 18.8. The number of allylic oxidation sites excluding steroid dienone is 4. The summed E-state index contributed by atoms with van der Waals surface area (Å²) in [5, 5.41) is 3.64. The summed E-state index contributed by atoms with van der Waals surface area (Å²) >= 11 is 0. The molecule has 0 radical (unpaired) electrons. The molecule has 6 aromatic rings. The van der Waals surface area contributed by atoms with Crippen LogP contribution in [0.15, 0.2) is 109 Å². The number of benzene rings is 4. The smallest absolute Gasteiger partial charge is 0.146 e. The molecular weight excluding hydrogens is 400 g/mol. The number of nitrogens with zero attached hydrogens (tertiary/aromatic N) is 2. The Kier molecular flexibility index (Phi) is 4.58. The molecule has 0 aliphatic carbocycles. The maximum atomic E-state index is 5.09. The van der Waals surface area contributed by atoms with Crippen molar-refractivity contribution >= 4 is 43.9 Å². The van der Waals surface area contributed by atoms with Gasteiger partial charge in [-0.15, -0.1) is 0 Å². The third-order valence-corrected chi connectivity index (χ3v) is 6.45. The van der Waals surface area contributed by atoms with Crippen molar-refractivity contribution in [2.45, 2.75) is 13.8 Å². The molecule has 0 fully saturated rings. The lowest BCUT2D eigenvalue weighted by atomic mass is 9.97. The average molecular weight is 425 g/mol. The van der Waals surface area contributed by atoms with Crippen molar-refractivity contribution in [1.29, 1.82) is 0 Å². The molecule has 0 N–H and O–H groups in total. The Balaban J connectivity index is 1.77. The first-order valence-electron chi connectivity index (χ1n) is 11.4. The van der Waals surface area contributed by atoms with Crippen LogP contribution in [0.4, 0.5) is 0 Å². The summed E-state index contributed by atoms with van der Waals surface area (Å²) in [4.78, 5) is 5.09. The number of fused-ring (bicyclic) bond motifs is 8. The first-order chi connectivity index (χ1) is 16.3. The van der Waals surface area contributed by atoms with Crippen LogP contribution in [0.2, 0.25) is 0 Å². The van der Waals surface area contributed by atoms with Gasteiger partial charge in [-0.25, -0.2) is 4.98 Å². The van der Waals surface area contributed by atoms with E-state index in [1.807, 2.05) is 0 Å². The molecule has 6 rings (SSSR count). The number of aromatic nitrogens is 2. The molecule has 2 heteroatoms. The van der Waals surface area contributed by atoms with Crippen LogP contribution in [0, 0.1) is 0 Å². The number of pyridine rings is 1. The minimum atomic E-state index is 1.00. The van der Waals surface area contributed by atoms with Gasteiger partial charge in [-0.1, -0.05) is 85.0 Å². The number of imidazole rings is 1. The molecule has 0 atom stereocenters. The van der Waals surface area contributed by atoms with E-state index in [1.54, 1.807) is 0 Å². The van der Waals surface area contributed by atoms with Crippen LogP contribution < -0.4 is 0 Å². The molecule has 0 amide bonds. The van der Waals surface area contributed by atoms with E-state index in [4.69, 9.17) is 4.98 Å². The Labute approximate surface area is 193 Å². The van der Waals surface area contributed by atoms with Crippen molar-refractivity contribution in [3.8, 4) is 11.1 Å². The first-order valence-corrected chi connectivity index (χ1v) is 11.4. The minimum Gasteiger partial charge on any atom is -0.292 e. The molecular formula is C31H24N2. The summed E-state index contributed by atoms with van der Waals surface area (Å²) in [6.45, 7) is 4.15. The second-order valence-corrected chi connectivity index (χ2v) is 8.36. The van der Waals surface area contributed by atoms with Crippen molar-refractivity contribution in [3.63, 3.8) is 0 Å². The van der Waals surface area contributed by atoms with Gasteiger partial charge in [0.1, 0.15) is 5.65 Å². The average Bonchev–Trinajstić information content (AvgIpc) is 3.27. The highest BCUT2D eigenvalue weighted by Crippen LogP contribution is 2.36. The monoisotopic (exact) mass is 424 g/mol. The first kappa shape index (κ1) is 19.5. The molecule has 33 heavy (non-hydrogen) atoms. The lowest BCUT2D eigenvalue weighted by Crippen LogP contribution is -1.94. The lowest BCUT2D eigenvalue weighted by molar-refractivity contribution is 1.31. The Morgan fingerprint density at radius 3 is 2.30 bits per heavy atom. The van der Waals surface area contributed by atoms with Crippen molar-refractivity contribution in [2.75, 3.05) is 0 Å². The topological polar surface area (TPSA) is 17.3 Å². The van der Waals surface area contributed by atoms with Gasteiger partial charge in [0.2, 0.25) is 0 Å². The normalized spacial score (nSPS) is 12.6. The molecule has 2 nitrogen and oxygen atoms in total. The van der Waals surface area contributed by atoms with E-state index in [9.17, 15) is 0 Å². The van der Waals surface area contributed by atoms with Crippen LogP contribution in [-0.4, -0.2) is 9.38 Å². The largest absolute Gasteiger partial charge is 0.292 e. The van der Waals surface area contributed by atoms with E-state index in [-0.39, 0.29) is 0 Å². The van der Waals surface area contributed by atoms with Crippen LogP contribution in [0.3, 0.4) is 0 Å². The van der Waals surface area contributed by atoms with Gasteiger partial charge in [0.05, 0.1) is 16.6 Å². The number of hydrogen-bond donors (Lipinski definition) is 0. The van der Waals surface area contributed by atoms with E-state index in [0.29, 0.717) is 0 Å². The SMILES string of the molecule is C/C=C\C(=C/C)c1ccc2c3ccc(-c4ccccc4)cc3c3nc4ccccc4n3c2c1. The Morgan fingerprint density at radius 2 is 1.48 bits per heavy atom. The molecule has 0 saturated heterocycles. The van der Waals surface area contributed by atoms with Gasteiger partial charge in [-0.05, 0) is 65.8 Å². The van der Waals surface area contributed by atoms with Gasteiger partial charge in [-0.2, -0.15) is 0 Å². The molecule has 0 bridgehead atoms. The second-order valence-electron chi connectivity index (χ2n) is 8.36. The third kappa shape index (κ3) is 3.07. The lowest BCUT2D eigenvalue weighted by Gasteiger charge is -2.13. The number of para-hydroxylation sites is 2. The van der Waals surface area contributed by atoms with Crippen molar-refractivity contribution in [2.24, 2.45) is 0 Å². The van der Waals surface area contributed by atoms with Gasteiger partial charge in [0.25, 0.3) is 0 Å². The summed E-state index contributed by atoms with van der Waals surface area (Å²) in [6, 6.07) is 32.5. The molecule has 0 saturated carbocycles. The predicted molar refractivity (Wildman–Crippen MR) is 142 cm³/mol. The molecule has 158 valence electrons. The van der Waals surface area contributed by atoms with Crippen molar-refractivity contribution in [3.05, 3.63) is 115 Å². The molecule has 0 spiro atoms. The third-order valence-electron chi connectivity index (χ3n) is 6.45. The quantitative estimate of drug-likeness (QED) is 0.206. The van der Waals surface area contributed by atoms with E-state index < -0.39 is 0 Å². The maximum absolute atomic E-state index is 5.09. The zero-order valence-electron chi connectivity index (χ0n) is 18.8. The van der Waals surface area contributed by atoms with Gasteiger partial charge in [0.15, 0.2) is 0 Å². The van der Waals surface area contributed by atoms with Gasteiger partial charge in [-0.3, -0.25) is 4.40 Å². The molecule has 0 aliphatic heterocycles. The highest BCUT2D eigenvalue weighted by molar-refractivity contribution is 6.15. The minimum absolute atomic E-state index is 1.00. The van der Waals surface area contributed by atoms with Crippen LogP contribution in [0.5, 0.6) is 0 Å². The number of hydrogen-bond acceptors (Lipinski definition) is 1. The Morgan fingerprint density at radius 1 is 0.697 bits per heavy atom. The predicted octanol–water partition coefficient (Wildman–Crippen LogP) is 8.44. The van der Waals surface area contributed by atoms with E-state index in [1.165, 1.54) is 43.9 Å². The standard InChI is InChI=1S/C31H24N2/c1-3-10-21(4-2)24-16-18-26-25-17-15-23(22-11-6-5-7-12-22)19-27(25)31-32-28-13-8-9-14-29(28)33(31)30(26)20-24/h3-20H,1-2H3/b10-3-,21-4+. The van der Waals surface area contributed by atoms with Crippen molar-refractivity contribution < 1.29 is 0 Å². The fourth-order valence-corrected chi connectivity index (χ4v) is 4.89. The Hall–Kier alpha value is -4.17. The fourth-order valence-electron chi connectivity index (χ4n) is 4.89. The van der Waals surface area contributed by atoms with E-state index >= 15 is 0 Å². The summed E-state index contributed by atoms with van der Waals surface area (Å²) in [5.41, 5.74) is 9.18. The molecule has 2 aromatic heterocycles. The molecule has 4 aromatic carbocycles. The van der Waals surface area contributed by atoms with E-state index in [0.717, 1.165) is 16.7 Å². The van der Waals surface area contributed by atoms with Gasteiger partial charge < -0.3 is 0 Å². The van der Waals surface area contributed by atoms with Gasteiger partial charge in [0, 0.05) is 10.8 Å².